The van der Waals surface area contributed by atoms with Crippen molar-refractivity contribution in [2.75, 3.05) is 39.3 Å². The first-order valence-corrected chi connectivity index (χ1v) is 15.7. The smallest absolute Gasteiger partial charge is 0.259 e. The van der Waals surface area contributed by atoms with E-state index >= 15 is 0 Å². The zero-order valence-electron chi connectivity index (χ0n) is 25.6. The highest BCUT2D eigenvalue weighted by Gasteiger charge is 2.34. The molecule has 0 aromatic heterocycles. The molecule has 0 atom stereocenters. The van der Waals surface area contributed by atoms with Gasteiger partial charge in [0.15, 0.2) is 0 Å². The summed E-state index contributed by atoms with van der Waals surface area (Å²) >= 11 is 0. The first kappa shape index (κ1) is 28.4. The monoisotopic (exact) mass is 588 g/mol. The van der Waals surface area contributed by atoms with Crippen molar-refractivity contribution in [3.8, 4) is 0 Å². The second-order valence-corrected chi connectivity index (χ2v) is 11.8. The highest BCUT2D eigenvalue weighted by atomic mass is 16.2. The maximum atomic E-state index is 13.8. The number of hydrogen-bond donors (Lipinski definition) is 2. The van der Waals surface area contributed by atoms with E-state index in [1.54, 1.807) is 6.07 Å². The summed E-state index contributed by atoms with van der Waals surface area (Å²) in [5.41, 5.74) is 4.15. The Bertz CT molecular complexity index is 2040. The lowest BCUT2D eigenvalue weighted by atomic mass is 9.78. The fraction of sp³-hybridized carbons (Fsp3) is 0.333. The topological polar surface area (TPSA) is 98.8 Å². The van der Waals surface area contributed by atoms with E-state index in [4.69, 9.17) is 0 Å². The van der Waals surface area contributed by atoms with Crippen molar-refractivity contribution in [3.05, 3.63) is 69.8 Å². The molecule has 2 aliphatic rings. The first-order valence-electron chi connectivity index (χ1n) is 15.7. The minimum atomic E-state index is -0.397. The Morgan fingerprint density at radius 3 is 1.48 bits per heavy atom. The van der Waals surface area contributed by atoms with Gasteiger partial charge in [-0.2, -0.15) is 0 Å². The second-order valence-electron chi connectivity index (χ2n) is 11.8. The van der Waals surface area contributed by atoms with E-state index in [2.05, 4.69) is 48.1 Å². The third-order valence-corrected chi connectivity index (χ3v) is 9.95. The van der Waals surface area contributed by atoms with Crippen molar-refractivity contribution in [1.29, 1.82) is 0 Å². The summed E-state index contributed by atoms with van der Waals surface area (Å²) < 4.78 is 0. The molecular formula is C36H36N4O4. The van der Waals surface area contributed by atoms with Crippen molar-refractivity contribution in [1.82, 2.24) is 20.4 Å². The lowest BCUT2D eigenvalue weighted by Crippen LogP contribution is -2.37. The van der Waals surface area contributed by atoms with Gasteiger partial charge in [-0.1, -0.05) is 45.9 Å². The van der Waals surface area contributed by atoms with Crippen molar-refractivity contribution in [2.24, 2.45) is 0 Å². The van der Waals surface area contributed by atoms with E-state index in [0.29, 0.717) is 39.4 Å². The molecule has 5 aromatic rings. The number of benzene rings is 5. The molecule has 0 bridgehead atoms. The quantitative estimate of drug-likeness (QED) is 0.131. The van der Waals surface area contributed by atoms with Crippen LogP contribution >= 0.6 is 0 Å². The van der Waals surface area contributed by atoms with Crippen LogP contribution in [0.4, 0.5) is 0 Å². The Balaban J connectivity index is 1.68. The molecule has 44 heavy (non-hydrogen) atoms. The number of nitrogens with zero attached hydrogens (tertiary/aromatic N) is 2. The van der Waals surface area contributed by atoms with E-state index in [0.717, 1.165) is 89.1 Å². The molecule has 2 heterocycles. The molecule has 224 valence electrons. The van der Waals surface area contributed by atoms with Crippen LogP contribution < -0.4 is 10.6 Å². The minimum Gasteiger partial charge on any atom is -0.304 e. The van der Waals surface area contributed by atoms with Gasteiger partial charge in [-0.05, 0) is 101 Å². The van der Waals surface area contributed by atoms with Crippen LogP contribution in [0.15, 0.2) is 36.4 Å². The number of rotatable bonds is 10. The first-order chi connectivity index (χ1) is 21.3. The number of carbonyl (C=O) groups is 4. The Kier molecular flexibility index (Phi) is 6.86. The molecule has 0 fully saturated rings. The average molecular weight is 589 g/mol. The van der Waals surface area contributed by atoms with Gasteiger partial charge < -0.3 is 9.80 Å². The molecule has 2 aliphatic heterocycles. The van der Waals surface area contributed by atoms with Gasteiger partial charge in [0, 0.05) is 40.6 Å². The number of nitrogens with one attached hydrogen (secondary N) is 2. The van der Waals surface area contributed by atoms with Crippen LogP contribution in [-0.2, 0) is 12.8 Å². The van der Waals surface area contributed by atoms with Crippen molar-refractivity contribution >= 4 is 66.7 Å². The van der Waals surface area contributed by atoms with E-state index < -0.39 is 11.8 Å². The lowest BCUT2D eigenvalue weighted by Gasteiger charge is -2.29. The summed E-state index contributed by atoms with van der Waals surface area (Å²) in [6.07, 6.45) is 1.38. The Morgan fingerprint density at radius 1 is 0.477 bits per heavy atom. The largest absolute Gasteiger partial charge is 0.304 e. The fourth-order valence-electron chi connectivity index (χ4n) is 7.64. The van der Waals surface area contributed by atoms with Crippen LogP contribution in [-0.4, -0.2) is 72.7 Å². The Labute approximate surface area is 255 Å². The SMILES string of the molecule is CCN(CC)CCc1c2c3c(ccc4c5ccc6c7c(ccc(c(c1CCN(CC)CC)c34)c75)C(=O)NC6=O)C(=O)NC2=O. The van der Waals surface area contributed by atoms with Gasteiger partial charge in [-0.25, -0.2) is 0 Å². The standard InChI is InChI=1S/C36H36N4O4/c1-5-39(6-2)17-15-21-22(16-18-40(7-3)8-4)32-31-26(35(43)38-36(32)44)13-10-20-19-9-12-24-29-25(34(42)37-33(24)41)14-11-23(27(19)29)28(21)30(20)31/h9-14H,5-8,15-18H2,1-4H3,(H,37,41,42)(H,38,43,44). The Hall–Kier alpha value is -4.40. The van der Waals surface area contributed by atoms with Crippen molar-refractivity contribution in [3.63, 3.8) is 0 Å². The predicted molar refractivity (Wildman–Crippen MR) is 174 cm³/mol. The van der Waals surface area contributed by atoms with Gasteiger partial charge in [0.25, 0.3) is 23.6 Å². The number of likely N-dealkylation sites (N-methyl/N-ethyl adjacent to an activating group) is 2. The summed E-state index contributed by atoms with van der Waals surface area (Å²) in [6, 6.07) is 11.3. The summed E-state index contributed by atoms with van der Waals surface area (Å²) in [5, 5.41) is 12.0. The summed E-state index contributed by atoms with van der Waals surface area (Å²) in [7, 11) is 0. The molecule has 8 heteroatoms. The normalized spacial score (nSPS) is 14.7. The molecule has 7 rings (SSSR count). The highest BCUT2D eigenvalue weighted by molar-refractivity contribution is 6.42. The molecule has 5 aromatic carbocycles. The molecule has 0 unspecified atom stereocenters. The number of amides is 4. The van der Waals surface area contributed by atoms with Crippen LogP contribution in [0.3, 0.4) is 0 Å². The van der Waals surface area contributed by atoms with Gasteiger partial charge >= 0.3 is 0 Å². The van der Waals surface area contributed by atoms with E-state index in [-0.39, 0.29) is 11.8 Å². The van der Waals surface area contributed by atoms with Gasteiger partial charge in [0.2, 0.25) is 0 Å². The van der Waals surface area contributed by atoms with E-state index in [1.807, 2.05) is 30.3 Å². The van der Waals surface area contributed by atoms with Gasteiger partial charge in [0.05, 0.1) is 5.56 Å². The molecule has 0 saturated carbocycles. The van der Waals surface area contributed by atoms with Gasteiger partial charge in [0.1, 0.15) is 0 Å². The van der Waals surface area contributed by atoms with Crippen LogP contribution in [0, 0.1) is 0 Å². The van der Waals surface area contributed by atoms with Crippen molar-refractivity contribution in [2.45, 2.75) is 40.5 Å². The van der Waals surface area contributed by atoms with Crippen LogP contribution in [0.2, 0.25) is 0 Å². The zero-order valence-corrected chi connectivity index (χ0v) is 25.6. The summed E-state index contributed by atoms with van der Waals surface area (Å²) in [6.45, 7) is 13.8. The van der Waals surface area contributed by atoms with Crippen molar-refractivity contribution < 1.29 is 19.2 Å². The zero-order chi connectivity index (χ0) is 30.9. The van der Waals surface area contributed by atoms with E-state index in [1.165, 1.54) is 0 Å². The number of carbonyl (C=O) groups excluding carboxylic acids is 4. The average Bonchev–Trinajstić information content (AvgIpc) is 3.02. The number of hydrogen-bond acceptors (Lipinski definition) is 6. The molecule has 2 N–H and O–H groups in total. The maximum absolute atomic E-state index is 13.8. The summed E-state index contributed by atoms with van der Waals surface area (Å²) in [4.78, 5) is 57.8. The predicted octanol–water partition coefficient (Wildman–Crippen LogP) is 5.27. The third kappa shape index (κ3) is 3.97. The number of imide groups is 2. The van der Waals surface area contributed by atoms with Crippen LogP contribution in [0.1, 0.15) is 80.3 Å². The van der Waals surface area contributed by atoms with Gasteiger partial charge in [-0.3, -0.25) is 29.8 Å². The molecule has 0 radical (unpaired) electrons. The van der Waals surface area contributed by atoms with E-state index in [9.17, 15) is 19.2 Å². The highest BCUT2D eigenvalue weighted by Crippen LogP contribution is 2.47. The molecule has 8 nitrogen and oxygen atoms in total. The third-order valence-electron chi connectivity index (χ3n) is 9.95. The Morgan fingerprint density at radius 2 is 0.932 bits per heavy atom. The second kappa shape index (κ2) is 10.6. The molecule has 0 aliphatic carbocycles. The van der Waals surface area contributed by atoms with Crippen LogP contribution in [0.25, 0.3) is 43.1 Å². The van der Waals surface area contributed by atoms with Gasteiger partial charge in [-0.15, -0.1) is 0 Å². The number of fused-ring (bicyclic) bond motifs is 2. The lowest BCUT2D eigenvalue weighted by molar-refractivity contribution is 0.0828. The fourth-order valence-corrected chi connectivity index (χ4v) is 7.64. The molecule has 0 saturated heterocycles. The van der Waals surface area contributed by atoms with Crippen LogP contribution in [0.5, 0.6) is 0 Å². The minimum absolute atomic E-state index is 0.344. The maximum Gasteiger partial charge on any atom is 0.259 e. The molecule has 0 spiro atoms. The summed E-state index contributed by atoms with van der Waals surface area (Å²) in [5.74, 6) is -1.52. The molecular weight excluding hydrogens is 552 g/mol. The molecule has 4 amide bonds.